The van der Waals surface area contributed by atoms with Gasteiger partial charge in [-0.15, -0.1) is 11.3 Å². The molecule has 47 heavy (non-hydrogen) atoms. The summed E-state index contributed by atoms with van der Waals surface area (Å²) < 4.78 is 53.9. The van der Waals surface area contributed by atoms with Crippen molar-refractivity contribution in [3.8, 4) is 23.2 Å². The highest BCUT2D eigenvalue weighted by molar-refractivity contribution is 7.23. The van der Waals surface area contributed by atoms with Crippen molar-refractivity contribution >= 4 is 43.1 Å². The average molecular weight is 658 g/mol. The van der Waals surface area contributed by atoms with E-state index in [-0.39, 0.29) is 57.3 Å². The highest BCUT2D eigenvalue weighted by atomic mass is 32.1. The lowest BCUT2D eigenvalue weighted by Crippen LogP contribution is -2.61. The minimum Gasteiger partial charge on any atom is -0.461 e. The summed E-state index contributed by atoms with van der Waals surface area (Å²) in [7, 11) is 0. The Hall–Kier alpha value is -3.92. The van der Waals surface area contributed by atoms with Gasteiger partial charge >= 0.3 is 6.01 Å². The zero-order valence-electron chi connectivity index (χ0n) is 25.8. The molecule has 3 atom stereocenters. The van der Waals surface area contributed by atoms with Crippen LogP contribution in [0.25, 0.3) is 32.1 Å². The Labute approximate surface area is 274 Å². The smallest absolute Gasteiger partial charge is 0.319 e. The predicted octanol–water partition coefficient (Wildman–Crippen LogP) is 6.43. The molecule has 0 spiro atoms. The lowest BCUT2D eigenvalue weighted by atomic mass is 9.90. The van der Waals surface area contributed by atoms with Gasteiger partial charge in [-0.2, -0.15) is 15.2 Å². The first-order valence-electron chi connectivity index (χ1n) is 16.4. The van der Waals surface area contributed by atoms with Gasteiger partial charge in [0.25, 0.3) is 0 Å². The Morgan fingerprint density at radius 1 is 1.21 bits per heavy atom. The fourth-order valence-electron chi connectivity index (χ4n) is 9.01. The van der Waals surface area contributed by atoms with E-state index in [0.29, 0.717) is 59.2 Å². The van der Waals surface area contributed by atoms with Crippen molar-refractivity contribution in [2.24, 2.45) is 5.92 Å². The van der Waals surface area contributed by atoms with Crippen LogP contribution < -0.4 is 20.7 Å². The molecule has 1 saturated carbocycles. The van der Waals surface area contributed by atoms with E-state index in [0.717, 1.165) is 37.8 Å². The van der Waals surface area contributed by atoms with Crippen LogP contribution in [0.5, 0.6) is 6.01 Å². The van der Waals surface area contributed by atoms with Crippen molar-refractivity contribution in [1.29, 1.82) is 5.26 Å². The molecule has 8 nitrogen and oxygen atoms in total. The maximum atomic E-state index is 17.0. The van der Waals surface area contributed by atoms with Gasteiger partial charge in [0.15, 0.2) is 5.82 Å². The van der Waals surface area contributed by atoms with Gasteiger partial charge in [-0.3, -0.25) is 4.90 Å². The summed E-state index contributed by atoms with van der Waals surface area (Å²) >= 11 is 1.21. The molecule has 3 N–H and O–H groups in total. The van der Waals surface area contributed by atoms with Crippen LogP contribution in [0.1, 0.15) is 50.5 Å². The first kappa shape index (κ1) is 29.2. The van der Waals surface area contributed by atoms with E-state index in [2.05, 4.69) is 26.2 Å². The molecule has 5 aliphatic rings. The number of benzene rings is 2. The molecule has 242 valence electrons. The van der Waals surface area contributed by atoms with E-state index >= 15 is 8.78 Å². The maximum Gasteiger partial charge on any atom is 0.319 e. The molecular formula is C35H34F3N7OS. The normalized spacial score (nSPS) is 28.1. The van der Waals surface area contributed by atoms with Crippen LogP contribution in [0.3, 0.4) is 0 Å². The lowest BCUT2D eigenvalue weighted by Gasteiger charge is -2.42. The second-order valence-corrected chi connectivity index (χ2v) is 15.2. The number of hydrogen-bond donors (Lipinski definition) is 2. The molecule has 4 aromatic rings. The van der Waals surface area contributed by atoms with Crippen molar-refractivity contribution in [3.05, 3.63) is 53.4 Å². The summed E-state index contributed by atoms with van der Waals surface area (Å²) in [5.74, 6) is -0.560. The van der Waals surface area contributed by atoms with Gasteiger partial charge < -0.3 is 20.7 Å². The molecule has 6 heterocycles. The zero-order valence-corrected chi connectivity index (χ0v) is 26.6. The molecule has 4 aliphatic heterocycles. The fraction of sp³-hybridized carbons (Fsp3) is 0.457. The number of rotatable bonds is 6. The van der Waals surface area contributed by atoms with Crippen LogP contribution in [0.2, 0.25) is 0 Å². The van der Waals surface area contributed by atoms with Crippen LogP contribution >= 0.6 is 11.3 Å². The van der Waals surface area contributed by atoms with Gasteiger partial charge in [-0.1, -0.05) is 12.1 Å². The first-order chi connectivity index (χ1) is 22.8. The molecule has 2 aromatic heterocycles. The van der Waals surface area contributed by atoms with E-state index in [9.17, 15) is 9.65 Å². The predicted molar refractivity (Wildman–Crippen MR) is 176 cm³/mol. The summed E-state index contributed by atoms with van der Waals surface area (Å²) in [6.45, 7) is 3.00. The third-order valence-corrected chi connectivity index (χ3v) is 12.3. The van der Waals surface area contributed by atoms with Crippen molar-refractivity contribution in [1.82, 2.24) is 20.2 Å². The van der Waals surface area contributed by atoms with E-state index in [1.165, 1.54) is 30.2 Å². The minimum atomic E-state index is -0.839. The molecule has 0 unspecified atom stereocenters. The van der Waals surface area contributed by atoms with Gasteiger partial charge in [0.1, 0.15) is 34.8 Å². The topological polar surface area (TPSA) is 103 Å². The van der Waals surface area contributed by atoms with E-state index in [1.807, 2.05) is 0 Å². The standard InChI is InChI=1S/C35H34F3N7OS/c36-13-19-12-34(8-2-10-45(34)15-19)18-46-33-41-30-23(32(42-33)44-16-21-7-9-35(17-44,43-21)20-5-6-20)11-25(37)28(29(30)38)22-3-1-4-26-27(22)24(14-39)31(40)47-26/h1,3-4,11,13,20-21,43H,2,5-10,12,15-18,40H2/b19-13+/t21-,34-,35+/m0/s1. The number of thiophene rings is 1. The number of hydrogen-bond acceptors (Lipinski definition) is 9. The quantitative estimate of drug-likeness (QED) is 0.245. The number of nitrogens with one attached hydrogen (secondary N) is 1. The Bertz CT molecular complexity index is 2040. The van der Waals surface area contributed by atoms with Crippen LogP contribution in [-0.4, -0.2) is 64.8 Å². The number of ether oxygens (including phenoxy) is 1. The van der Waals surface area contributed by atoms with Crippen LogP contribution in [0.15, 0.2) is 36.2 Å². The van der Waals surface area contributed by atoms with E-state index < -0.39 is 11.6 Å². The van der Waals surface area contributed by atoms with Gasteiger partial charge in [0, 0.05) is 46.7 Å². The number of piperazine rings is 1. The monoisotopic (exact) mass is 657 g/mol. The number of anilines is 2. The number of aromatic nitrogens is 2. The van der Waals surface area contributed by atoms with Gasteiger partial charge in [-0.25, -0.2) is 13.2 Å². The summed E-state index contributed by atoms with van der Waals surface area (Å²) in [4.78, 5) is 13.9. The van der Waals surface area contributed by atoms with Crippen LogP contribution in [0.4, 0.5) is 24.0 Å². The highest BCUT2D eigenvalue weighted by Crippen LogP contribution is 2.49. The van der Waals surface area contributed by atoms with Crippen LogP contribution in [0, 0.1) is 28.9 Å². The molecule has 0 radical (unpaired) electrons. The number of halogens is 3. The number of nitriles is 1. The second kappa shape index (κ2) is 10.5. The fourth-order valence-corrected chi connectivity index (χ4v) is 9.96. The number of nitrogen functional groups attached to an aromatic ring is 1. The lowest BCUT2D eigenvalue weighted by molar-refractivity contribution is 0.108. The van der Waals surface area contributed by atoms with Crippen molar-refractivity contribution in [2.75, 3.05) is 43.4 Å². The molecule has 1 aliphatic carbocycles. The summed E-state index contributed by atoms with van der Waals surface area (Å²) in [6, 6.07) is 8.83. The molecule has 0 amide bonds. The Balaban J connectivity index is 1.19. The molecular weight excluding hydrogens is 623 g/mol. The van der Waals surface area contributed by atoms with Crippen molar-refractivity contribution < 1.29 is 17.9 Å². The molecule has 5 fully saturated rings. The van der Waals surface area contributed by atoms with E-state index in [1.54, 1.807) is 18.2 Å². The van der Waals surface area contributed by atoms with Gasteiger partial charge in [0.2, 0.25) is 0 Å². The molecule has 4 saturated heterocycles. The summed E-state index contributed by atoms with van der Waals surface area (Å²) in [6.07, 6.45) is 7.56. The minimum absolute atomic E-state index is 0.0184. The Kier molecular flexibility index (Phi) is 6.56. The second-order valence-electron chi connectivity index (χ2n) is 14.1. The number of nitrogens with zero attached hydrogens (tertiary/aromatic N) is 5. The maximum absolute atomic E-state index is 17.0. The summed E-state index contributed by atoms with van der Waals surface area (Å²) in [5, 5.41) is 14.7. The first-order valence-corrected chi connectivity index (χ1v) is 17.2. The molecule has 2 bridgehead atoms. The third kappa shape index (κ3) is 4.46. The number of fused-ring (bicyclic) bond motifs is 5. The SMILES string of the molecule is N#Cc1c(N)sc2cccc(-c3c(F)cc4c(N5C[C@@H]6CC[C@](C7CC7)(C5)N6)nc(OC[C@@]56CCCN5C/C(=C/F)C6)nc4c3F)c12. The molecule has 2 aromatic carbocycles. The third-order valence-electron chi connectivity index (χ3n) is 11.3. The van der Waals surface area contributed by atoms with Crippen LogP contribution in [-0.2, 0) is 0 Å². The molecule has 9 rings (SSSR count). The largest absolute Gasteiger partial charge is 0.461 e. The number of nitrogens with two attached hydrogens (primary N) is 1. The molecule has 12 heteroatoms. The van der Waals surface area contributed by atoms with Crippen molar-refractivity contribution in [3.63, 3.8) is 0 Å². The van der Waals surface area contributed by atoms with Crippen molar-refractivity contribution in [2.45, 2.75) is 62.1 Å². The van der Waals surface area contributed by atoms with E-state index in [4.69, 9.17) is 15.5 Å². The summed E-state index contributed by atoms with van der Waals surface area (Å²) in [5.41, 5.74) is 6.61. The average Bonchev–Trinajstić information content (AvgIpc) is 3.53. The highest BCUT2D eigenvalue weighted by Gasteiger charge is 2.53. The van der Waals surface area contributed by atoms with Gasteiger partial charge in [0.05, 0.1) is 23.0 Å². The van der Waals surface area contributed by atoms with Gasteiger partial charge in [-0.05, 0) is 80.7 Å². The Morgan fingerprint density at radius 2 is 2.09 bits per heavy atom. The Morgan fingerprint density at radius 3 is 2.89 bits per heavy atom. The zero-order chi connectivity index (χ0) is 32.1.